The smallest absolute Gasteiger partial charge is 0.222 e. The van der Waals surface area contributed by atoms with Gasteiger partial charge in [-0.05, 0) is 31.2 Å². The molecule has 1 fully saturated rings. The van der Waals surface area contributed by atoms with E-state index >= 15 is 0 Å². The van der Waals surface area contributed by atoms with Crippen LogP contribution in [0.4, 0.5) is 5.13 Å². The van der Waals surface area contributed by atoms with Crippen LogP contribution in [-0.4, -0.2) is 41.7 Å². The van der Waals surface area contributed by atoms with Crippen LogP contribution < -0.4 is 5.32 Å². The van der Waals surface area contributed by atoms with Gasteiger partial charge in [0.25, 0.3) is 0 Å². The van der Waals surface area contributed by atoms with Gasteiger partial charge in [0.1, 0.15) is 0 Å². The molecule has 6 heteroatoms. The van der Waals surface area contributed by atoms with Crippen molar-refractivity contribution in [3.63, 3.8) is 0 Å². The number of hydrogen-bond acceptors (Lipinski definition) is 5. The molecule has 1 N–H and O–H groups in total. The quantitative estimate of drug-likeness (QED) is 0.654. The highest BCUT2D eigenvalue weighted by Gasteiger charge is 2.18. The van der Waals surface area contributed by atoms with E-state index in [1.807, 2.05) is 4.90 Å². The molecule has 1 saturated heterocycles. The number of fused-ring (bicyclic) bond motifs is 1. The number of benzene rings is 1. The van der Waals surface area contributed by atoms with Crippen LogP contribution in [0.2, 0.25) is 0 Å². The molecule has 0 bridgehead atoms. The van der Waals surface area contributed by atoms with Gasteiger partial charge in [0.2, 0.25) is 5.91 Å². The number of aromatic nitrogens is 1. The number of amides is 1. The Kier molecular flexibility index (Phi) is 4.65. The van der Waals surface area contributed by atoms with E-state index in [-0.39, 0.29) is 0 Å². The van der Waals surface area contributed by atoms with Crippen molar-refractivity contribution in [1.82, 2.24) is 9.88 Å². The van der Waals surface area contributed by atoms with Gasteiger partial charge in [0.05, 0.1) is 10.2 Å². The fourth-order valence-electron chi connectivity index (χ4n) is 2.57. The molecule has 0 atom stereocenters. The van der Waals surface area contributed by atoms with Gasteiger partial charge >= 0.3 is 0 Å². The standard InChI is InChI=1S/C15H19N3OS2/c1-20-11-5-2-6-12-14(11)17-15(21-12)16-8-4-10-18-9-3-7-13(18)19/h2,5-6H,3-4,7-10H2,1H3,(H,16,17). The van der Waals surface area contributed by atoms with Crippen molar-refractivity contribution in [2.24, 2.45) is 0 Å². The van der Waals surface area contributed by atoms with E-state index in [2.05, 4.69) is 34.8 Å². The second-order valence-electron chi connectivity index (χ2n) is 5.09. The lowest BCUT2D eigenvalue weighted by Gasteiger charge is -2.14. The highest BCUT2D eigenvalue weighted by atomic mass is 32.2. The molecule has 2 heterocycles. The van der Waals surface area contributed by atoms with Gasteiger partial charge in [-0.3, -0.25) is 4.79 Å². The summed E-state index contributed by atoms with van der Waals surface area (Å²) in [5.74, 6) is 0.305. The van der Waals surface area contributed by atoms with Crippen molar-refractivity contribution in [3.05, 3.63) is 18.2 Å². The molecule has 1 aliphatic heterocycles. The van der Waals surface area contributed by atoms with Crippen LogP contribution in [0.5, 0.6) is 0 Å². The average molecular weight is 321 g/mol. The van der Waals surface area contributed by atoms with Crippen molar-refractivity contribution < 1.29 is 4.79 Å². The van der Waals surface area contributed by atoms with Gasteiger partial charge in [-0.2, -0.15) is 0 Å². The number of thiazole rings is 1. The average Bonchev–Trinajstić information content (AvgIpc) is 3.09. The van der Waals surface area contributed by atoms with Crippen LogP contribution in [0.25, 0.3) is 10.2 Å². The topological polar surface area (TPSA) is 45.2 Å². The number of rotatable bonds is 6. The van der Waals surface area contributed by atoms with E-state index < -0.39 is 0 Å². The third-order valence-corrected chi connectivity index (χ3v) is 5.40. The Labute approximate surface area is 132 Å². The molecular formula is C15H19N3OS2. The van der Waals surface area contributed by atoms with Crippen molar-refractivity contribution in [1.29, 1.82) is 0 Å². The third-order valence-electron chi connectivity index (χ3n) is 3.65. The maximum atomic E-state index is 11.5. The Hall–Kier alpha value is -1.27. The highest BCUT2D eigenvalue weighted by molar-refractivity contribution is 7.98. The Bertz CT molecular complexity index is 641. The van der Waals surface area contributed by atoms with Gasteiger partial charge in [0, 0.05) is 31.0 Å². The maximum Gasteiger partial charge on any atom is 0.222 e. The maximum absolute atomic E-state index is 11.5. The van der Waals surface area contributed by atoms with E-state index in [9.17, 15) is 4.79 Å². The normalized spacial score (nSPS) is 15.1. The van der Waals surface area contributed by atoms with Crippen LogP contribution in [-0.2, 0) is 4.79 Å². The first kappa shape index (κ1) is 14.7. The molecule has 4 nitrogen and oxygen atoms in total. The SMILES string of the molecule is CSc1cccc2sc(NCCCN3CCCC3=O)nc12. The summed E-state index contributed by atoms with van der Waals surface area (Å²) in [5, 5.41) is 4.36. The highest BCUT2D eigenvalue weighted by Crippen LogP contribution is 2.32. The second-order valence-corrected chi connectivity index (χ2v) is 6.97. The van der Waals surface area contributed by atoms with E-state index in [1.165, 1.54) is 9.60 Å². The summed E-state index contributed by atoms with van der Waals surface area (Å²) >= 11 is 3.42. The fourth-order valence-corrected chi connectivity index (χ4v) is 4.12. The molecule has 3 rings (SSSR count). The number of likely N-dealkylation sites (tertiary alicyclic amines) is 1. The molecule has 1 aliphatic rings. The molecule has 2 aromatic rings. The summed E-state index contributed by atoms with van der Waals surface area (Å²) in [6.45, 7) is 2.64. The third kappa shape index (κ3) is 3.32. The summed E-state index contributed by atoms with van der Waals surface area (Å²) in [6, 6.07) is 6.30. The lowest BCUT2D eigenvalue weighted by Crippen LogP contribution is -2.26. The summed E-state index contributed by atoms with van der Waals surface area (Å²) in [7, 11) is 0. The summed E-state index contributed by atoms with van der Waals surface area (Å²) in [5.41, 5.74) is 1.09. The van der Waals surface area contributed by atoms with Crippen LogP contribution in [0.1, 0.15) is 19.3 Å². The lowest BCUT2D eigenvalue weighted by atomic mass is 10.3. The van der Waals surface area contributed by atoms with Crippen LogP contribution in [0, 0.1) is 0 Å². The predicted octanol–water partition coefficient (Wildman–Crippen LogP) is 3.44. The largest absolute Gasteiger partial charge is 0.361 e. The number of nitrogens with zero attached hydrogens (tertiary/aromatic N) is 2. The summed E-state index contributed by atoms with van der Waals surface area (Å²) in [6.07, 6.45) is 4.79. The van der Waals surface area contributed by atoms with Crippen LogP contribution in [0.3, 0.4) is 0 Å². The van der Waals surface area contributed by atoms with Crippen LogP contribution >= 0.6 is 23.1 Å². The first-order valence-electron chi connectivity index (χ1n) is 7.23. The van der Waals surface area contributed by atoms with Crippen molar-refractivity contribution in [2.75, 3.05) is 31.2 Å². The van der Waals surface area contributed by atoms with Crippen molar-refractivity contribution in [2.45, 2.75) is 24.2 Å². The minimum absolute atomic E-state index is 0.305. The zero-order valence-electron chi connectivity index (χ0n) is 12.1. The van der Waals surface area contributed by atoms with E-state index in [0.29, 0.717) is 5.91 Å². The van der Waals surface area contributed by atoms with E-state index in [1.54, 1.807) is 23.1 Å². The number of hydrogen-bond donors (Lipinski definition) is 1. The summed E-state index contributed by atoms with van der Waals surface area (Å²) < 4.78 is 1.22. The molecule has 1 aromatic carbocycles. The number of thioether (sulfide) groups is 1. The zero-order valence-corrected chi connectivity index (χ0v) is 13.7. The van der Waals surface area contributed by atoms with E-state index in [0.717, 1.165) is 49.5 Å². The molecule has 0 unspecified atom stereocenters. The molecule has 1 aromatic heterocycles. The Morgan fingerprint density at radius 3 is 3.14 bits per heavy atom. The fraction of sp³-hybridized carbons (Fsp3) is 0.467. The Morgan fingerprint density at radius 2 is 2.38 bits per heavy atom. The van der Waals surface area contributed by atoms with Gasteiger partial charge in [-0.15, -0.1) is 11.8 Å². The first-order chi connectivity index (χ1) is 10.3. The molecule has 0 spiro atoms. The number of nitrogens with one attached hydrogen (secondary N) is 1. The minimum Gasteiger partial charge on any atom is -0.361 e. The molecule has 1 amide bonds. The first-order valence-corrected chi connectivity index (χ1v) is 9.27. The van der Waals surface area contributed by atoms with Gasteiger partial charge in [-0.25, -0.2) is 4.98 Å². The Morgan fingerprint density at radius 1 is 1.48 bits per heavy atom. The number of carbonyl (C=O) groups excluding carboxylic acids is 1. The monoisotopic (exact) mass is 321 g/mol. The van der Waals surface area contributed by atoms with Crippen molar-refractivity contribution >= 4 is 44.4 Å². The predicted molar refractivity (Wildman–Crippen MR) is 90.3 cm³/mol. The lowest BCUT2D eigenvalue weighted by molar-refractivity contribution is -0.127. The molecule has 0 aliphatic carbocycles. The minimum atomic E-state index is 0.305. The van der Waals surface area contributed by atoms with E-state index in [4.69, 9.17) is 0 Å². The van der Waals surface area contributed by atoms with Crippen molar-refractivity contribution in [3.8, 4) is 0 Å². The number of carbonyl (C=O) groups is 1. The molecular weight excluding hydrogens is 302 g/mol. The molecule has 21 heavy (non-hydrogen) atoms. The zero-order chi connectivity index (χ0) is 14.7. The summed E-state index contributed by atoms with van der Waals surface area (Å²) in [4.78, 5) is 19.4. The number of anilines is 1. The van der Waals surface area contributed by atoms with Gasteiger partial charge < -0.3 is 10.2 Å². The van der Waals surface area contributed by atoms with Crippen LogP contribution in [0.15, 0.2) is 23.1 Å². The molecule has 112 valence electrons. The number of para-hydroxylation sites is 1. The van der Waals surface area contributed by atoms with Gasteiger partial charge in [-0.1, -0.05) is 17.4 Å². The second kappa shape index (κ2) is 6.66. The Balaban J connectivity index is 1.54. The molecule has 0 radical (unpaired) electrons. The molecule has 0 saturated carbocycles. The van der Waals surface area contributed by atoms with Gasteiger partial charge in [0.15, 0.2) is 5.13 Å².